The van der Waals surface area contributed by atoms with Gasteiger partial charge in [0.2, 0.25) is 20.0 Å². The molecule has 120 valence electrons. The van der Waals surface area contributed by atoms with Crippen LogP contribution >= 0.6 is 0 Å². The number of hydrogen-bond donors (Lipinski definition) is 3. The molecule has 0 radical (unpaired) electrons. The SMILES string of the molecule is CS(=O)(=O)NCCCNS(=O)(=O)c1ccc(F)c(N)c1F. The van der Waals surface area contributed by atoms with E-state index < -0.39 is 42.3 Å². The van der Waals surface area contributed by atoms with E-state index in [1.807, 2.05) is 0 Å². The van der Waals surface area contributed by atoms with Crippen molar-refractivity contribution in [3.05, 3.63) is 23.8 Å². The third-order valence-electron chi connectivity index (χ3n) is 2.39. The standard InChI is InChI=1S/C10H15F2N3O4S2/c1-20(16,17)14-5-2-6-15-21(18,19)8-4-3-7(11)10(13)9(8)12/h3-4,14-15H,2,5-6,13H2,1H3. The summed E-state index contributed by atoms with van der Waals surface area (Å²) in [6.45, 7) is -0.100. The lowest BCUT2D eigenvalue weighted by Gasteiger charge is -2.09. The Morgan fingerprint density at radius 3 is 2.24 bits per heavy atom. The second-order valence-electron chi connectivity index (χ2n) is 4.19. The highest BCUT2D eigenvalue weighted by Crippen LogP contribution is 2.22. The highest BCUT2D eigenvalue weighted by molar-refractivity contribution is 7.89. The van der Waals surface area contributed by atoms with Crippen LogP contribution in [0.15, 0.2) is 17.0 Å². The third kappa shape index (κ3) is 5.19. The Labute approximate surface area is 121 Å². The Morgan fingerprint density at radius 1 is 1.10 bits per heavy atom. The minimum absolute atomic E-state index is 0.0232. The minimum Gasteiger partial charge on any atom is -0.394 e. The fourth-order valence-corrected chi connectivity index (χ4v) is 3.06. The van der Waals surface area contributed by atoms with Gasteiger partial charge in [0.15, 0.2) is 5.82 Å². The Kier molecular flexibility index (Phi) is 5.61. The topological polar surface area (TPSA) is 118 Å². The van der Waals surface area contributed by atoms with Crippen molar-refractivity contribution in [2.45, 2.75) is 11.3 Å². The summed E-state index contributed by atoms with van der Waals surface area (Å²) in [4.78, 5) is -0.766. The third-order valence-corrected chi connectivity index (χ3v) is 4.60. The highest BCUT2D eigenvalue weighted by atomic mass is 32.2. The largest absolute Gasteiger partial charge is 0.394 e. The zero-order valence-corrected chi connectivity index (χ0v) is 12.7. The molecule has 0 saturated carbocycles. The molecule has 0 heterocycles. The number of benzene rings is 1. The van der Waals surface area contributed by atoms with Crippen LogP contribution < -0.4 is 15.2 Å². The van der Waals surface area contributed by atoms with Gasteiger partial charge in [-0.2, -0.15) is 0 Å². The summed E-state index contributed by atoms with van der Waals surface area (Å²) in [5, 5.41) is 0. The molecule has 0 spiro atoms. The van der Waals surface area contributed by atoms with Crippen molar-refractivity contribution in [2.75, 3.05) is 25.1 Å². The fourth-order valence-electron chi connectivity index (χ4n) is 1.39. The number of nitrogen functional groups attached to an aromatic ring is 1. The molecule has 4 N–H and O–H groups in total. The number of halogens is 2. The van der Waals surface area contributed by atoms with Gasteiger partial charge in [0.25, 0.3) is 0 Å². The maximum atomic E-state index is 13.6. The van der Waals surface area contributed by atoms with E-state index in [9.17, 15) is 25.6 Å². The first-order valence-corrected chi connectivity index (χ1v) is 9.10. The van der Waals surface area contributed by atoms with Gasteiger partial charge in [0, 0.05) is 13.1 Å². The van der Waals surface area contributed by atoms with Crippen molar-refractivity contribution in [3.8, 4) is 0 Å². The number of anilines is 1. The van der Waals surface area contributed by atoms with Crippen LogP contribution in [0, 0.1) is 11.6 Å². The predicted molar refractivity (Wildman–Crippen MR) is 73.4 cm³/mol. The summed E-state index contributed by atoms with van der Waals surface area (Å²) in [6.07, 6.45) is 1.12. The zero-order chi connectivity index (χ0) is 16.3. The van der Waals surface area contributed by atoms with Crippen LogP contribution in [0.4, 0.5) is 14.5 Å². The van der Waals surface area contributed by atoms with Crippen molar-refractivity contribution in [1.29, 1.82) is 0 Å². The average molecular weight is 343 g/mol. The van der Waals surface area contributed by atoms with Crippen LogP contribution in [0.25, 0.3) is 0 Å². The van der Waals surface area contributed by atoms with Gasteiger partial charge < -0.3 is 5.73 Å². The van der Waals surface area contributed by atoms with Crippen LogP contribution in [0.3, 0.4) is 0 Å². The quantitative estimate of drug-likeness (QED) is 0.467. The first-order valence-electron chi connectivity index (χ1n) is 5.72. The molecule has 0 fully saturated rings. The second-order valence-corrected chi connectivity index (χ2v) is 7.76. The molecule has 0 saturated heterocycles. The zero-order valence-electron chi connectivity index (χ0n) is 11.1. The van der Waals surface area contributed by atoms with E-state index in [1.54, 1.807) is 0 Å². The molecule has 0 aliphatic carbocycles. The average Bonchev–Trinajstić information content (AvgIpc) is 2.33. The minimum atomic E-state index is -4.20. The molecule has 0 bridgehead atoms. The van der Waals surface area contributed by atoms with E-state index in [-0.39, 0.29) is 19.5 Å². The molecule has 1 aromatic rings. The Bertz CT molecular complexity index is 720. The number of nitrogens with one attached hydrogen (secondary N) is 2. The van der Waals surface area contributed by atoms with E-state index in [0.717, 1.165) is 18.4 Å². The van der Waals surface area contributed by atoms with Gasteiger partial charge in [-0.15, -0.1) is 0 Å². The molecule has 1 aromatic carbocycles. The van der Waals surface area contributed by atoms with Crippen molar-refractivity contribution in [1.82, 2.24) is 9.44 Å². The summed E-state index contributed by atoms with van der Waals surface area (Å²) in [5.41, 5.74) is 4.21. The maximum absolute atomic E-state index is 13.6. The normalized spacial score (nSPS) is 12.5. The van der Waals surface area contributed by atoms with E-state index in [1.165, 1.54) is 0 Å². The molecule has 0 amide bonds. The molecule has 0 aliphatic heterocycles. The maximum Gasteiger partial charge on any atom is 0.243 e. The highest BCUT2D eigenvalue weighted by Gasteiger charge is 2.22. The van der Waals surface area contributed by atoms with Gasteiger partial charge >= 0.3 is 0 Å². The molecule has 0 unspecified atom stereocenters. The van der Waals surface area contributed by atoms with E-state index in [4.69, 9.17) is 5.73 Å². The van der Waals surface area contributed by atoms with Gasteiger partial charge in [-0.1, -0.05) is 0 Å². The molecule has 0 aliphatic rings. The van der Waals surface area contributed by atoms with Crippen LogP contribution in [-0.2, 0) is 20.0 Å². The number of hydrogen-bond acceptors (Lipinski definition) is 5. The number of nitrogens with two attached hydrogens (primary N) is 1. The smallest absolute Gasteiger partial charge is 0.243 e. The molecule has 1 rings (SSSR count). The summed E-state index contributed by atoms with van der Waals surface area (Å²) in [7, 11) is -7.55. The first-order chi connectivity index (χ1) is 9.54. The molecular weight excluding hydrogens is 328 g/mol. The van der Waals surface area contributed by atoms with Crippen LogP contribution in [-0.4, -0.2) is 36.2 Å². The summed E-state index contributed by atoms with van der Waals surface area (Å²) in [6, 6.07) is 1.51. The summed E-state index contributed by atoms with van der Waals surface area (Å²) < 4.78 is 76.0. The number of rotatable bonds is 7. The van der Waals surface area contributed by atoms with Crippen molar-refractivity contribution >= 4 is 25.7 Å². The Balaban J connectivity index is 2.69. The molecular formula is C10H15F2N3O4S2. The molecule has 0 atom stereocenters. The van der Waals surface area contributed by atoms with Gasteiger partial charge in [0.05, 0.1) is 6.26 Å². The second kappa shape index (κ2) is 6.64. The number of sulfonamides is 2. The summed E-state index contributed by atoms with van der Waals surface area (Å²) in [5.74, 6) is -2.42. The lowest BCUT2D eigenvalue weighted by Crippen LogP contribution is -2.30. The van der Waals surface area contributed by atoms with Gasteiger partial charge in [-0.25, -0.2) is 35.1 Å². The van der Waals surface area contributed by atoms with Crippen molar-refractivity contribution in [3.63, 3.8) is 0 Å². The molecule has 0 aromatic heterocycles. The molecule has 11 heteroatoms. The van der Waals surface area contributed by atoms with Crippen molar-refractivity contribution in [2.24, 2.45) is 0 Å². The lowest BCUT2D eigenvalue weighted by molar-refractivity contribution is 0.547. The van der Waals surface area contributed by atoms with Gasteiger partial charge in [-0.05, 0) is 18.6 Å². The molecule has 21 heavy (non-hydrogen) atoms. The Morgan fingerprint density at radius 2 is 1.67 bits per heavy atom. The van der Waals surface area contributed by atoms with E-state index in [0.29, 0.717) is 0 Å². The first kappa shape index (κ1) is 17.8. The van der Waals surface area contributed by atoms with Crippen molar-refractivity contribution < 1.29 is 25.6 Å². The van der Waals surface area contributed by atoms with Crippen LogP contribution in [0.2, 0.25) is 0 Å². The van der Waals surface area contributed by atoms with Gasteiger partial charge in [0.1, 0.15) is 16.4 Å². The Hall–Kier alpha value is -1.30. The summed E-state index contributed by atoms with van der Waals surface area (Å²) >= 11 is 0. The van der Waals surface area contributed by atoms with Crippen LogP contribution in [0.5, 0.6) is 0 Å². The van der Waals surface area contributed by atoms with E-state index >= 15 is 0 Å². The lowest BCUT2D eigenvalue weighted by atomic mass is 10.3. The van der Waals surface area contributed by atoms with E-state index in [2.05, 4.69) is 9.44 Å². The fraction of sp³-hybridized carbons (Fsp3) is 0.400. The monoisotopic (exact) mass is 343 g/mol. The predicted octanol–water partition coefficient (Wildman–Crippen LogP) is -0.235. The van der Waals surface area contributed by atoms with Crippen LogP contribution in [0.1, 0.15) is 6.42 Å². The molecule has 7 nitrogen and oxygen atoms in total. The van der Waals surface area contributed by atoms with Gasteiger partial charge in [-0.3, -0.25) is 0 Å².